The Hall–Kier alpha value is -3.17. The van der Waals surface area contributed by atoms with Gasteiger partial charge in [0.15, 0.2) is 5.76 Å². The molecule has 1 aliphatic heterocycles. The van der Waals surface area contributed by atoms with E-state index in [0.717, 1.165) is 4.31 Å². The number of fused-ring (bicyclic) bond motifs is 1. The van der Waals surface area contributed by atoms with Gasteiger partial charge in [-0.1, -0.05) is 23.7 Å². The summed E-state index contributed by atoms with van der Waals surface area (Å²) < 4.78 is 68.1. The molecule has 3 atom stereocenters. The van der Waals surface area contributed by atoms with Crippen LogP contribution in [0.1, 0.15) is 30.9 Å². The fraction of sp³-hybridized carbons (Fsp3) is 0.429. The predicted octanol–water partition coefficient (Wildman–Crippen LogP) is 3.22. The Bertz CT molecular complexity index is 1670. The van der Waals surface area contributed by atoms with Crippen LogP contribution in [0.5, 0.6) is 5.75 Å². The molecule has 1 aromatic heterocycles. The van der Waals surface area contributed by atoms with E-state index in [1.807, 2.05) is 6.92 Å². The summed E-state index contributed by atoms with van der Waals surface area (Å²) >= 11 is 5.90. The lowest BCUT2D eigenvalue weighted by molar-refractivity contribution is -0.134. The van der Waals surface area contributed by atoms with E-state index in [0.29, 0.717) is 16.3 Å². The van der Waals surface area contributed by atoms with E-state index in [-0.39, 0.29) is 64.9 Å². The number of nitrogens with one attached hydrogen (secondary N) is 1. The molecule has 0 fully saturated rings. The van der Waals surface area contributed by atoms with E-state index >= 15 is 0 Å². The summed E-state index contributed by atoms with van der Waals surface area (Å²) in [4.78, 5) is 15.0. The SMILES string of the molecule is Cc1noc(C)c1S(=O)(=O)N(C)C[C@H]1Oc2ccc(NS(=O)(=O)c3ccc(Cl)cc3)cc2CC(=O)N([C@@H](C)CO)C[C@@H]1C. The lowest BCUT2D eigenvalue weighted by Gasteiger charge is -2.33. The van der Waals surface area contributed by atoms with Crippen LogP contribution in [0.2, 0.25) is 5.02 Å². The molecule has 15 heteroatoms. The van der Waals surface area contributed by atoms with Crippen molar-refractivity contribution < 1.29 is 36.0 Å². The molecule has 0 saturated carbocycles. The number of halogens is 1. The number of anilines is 1. The summed E-state index contributed by atoms with van der Waals surface area (Å²) in [6, 6.07) is 9.74. The number of hydrogen-bond donors (Lipinski definition) is 2. The molecule has 234 valence electrons. The first-order valence-corrected chi connectivity index (χ1v) is 16.8. The number of aliphatic hydroxyl groups is 1. The molecule has 4 rings (SSSR count). The molecule has 2 heterocycles. The first kappa shape index (κ1) is 32.7. The van der Waals surface area contributed by atoms with Gasteiger partial charge in [0.05, 0.1) is 30.5 Å². The lowest BCUT2D eigenvalue weighted by Crippen LogP contribution is -2.48. The van der Waals surface area contributed by atoms with Crippen LogP contribution in [0.3, 0.4) is 0 Å². The zero-order valence-corrected chi connectivity index (χ0v) is 26.8. The first-order chi connectivity index (χ1) is 20.1. The Morgan fingerprint density at radius 3 is 2.44 bits per heavy atom. The molecule has 0 spiro atoms. The van der Waals surface area contributed by atoms with Gasteiger partial charge >= 0.3 is 0 Å². The second-order valence-corrected chi connectivity index (χ2v) is 14.8. The molecule has 1 aliphatic rings. The molecule has 12 nitrogen and oxygen atoms in total. The summed E-state index contributed by atoms with van der Waals surface area (Å²) in [5.74, 6) is -0.191. The number of ether oxygens (including phenoxy) is 1. The van der Waals surface area contributed by atoms with E-state index in [4.69, 9.17) is 20.9 Å². The zero-order chi connectivity index (χ0) is 31.7. The largest absolute Gasteiger partial charge is 0.488 e. The van der Waals surface area contributed by atoms with E-state index in [2.05, 4.69) is 9.88 Å². The third-order valence-electron chi connectivity index (χ3n) is 7.37. The second kappa shape index (κ2) is 12.8. The van der Waals surface area contributed by atoms with Gasteiger partial charge in [-0.25, -0.2) is 16.8 Å². The smallest absolute Gasteiger partial charge is 0.261 e. The van der Waals surface area contributed by atoms with E-state index in [1.54, 1.807) is 19.9 Å². The third-order valence-corrected chi connectivity index (χ3v) is 11.1. The van der Waals surface area contributed by atoms with Gasteiger partial charge in [-0.2, -0.15) is 4.31 Å². The van der Waals surface area contributed by atoms with Crippen LogP contribution < -0.4 is 9.46 Å². The maximum absolute atomic E-state index is 13.5. The Labute approximate surface area is 256 Å². The number of amides is 1. The molecule has 0 unspecified atom stereocenters. The fourth-order valence-corrected chi connectivity index (χ4v) is 7.53. The van der Waals surface area contributed by atoms with Gasteiger partial charge in [-0.3, -0.25) is 9.52 Å². The van der Waals surface area contributed by atoms with Crippen molar-refractivity contribution in [3.63, 3.8) is 0 Å². The first-order valence-electron chi connectivity index (χ1n) is 13.5. The molecule has 0 aliphatic carbocycles. The van der Waals surface area contributed by atoms with Crippen LogP contribution in [-0.2, 0) is 31.3 Å². The van der Waals surface area contributed by atoms with Gasteiger partial charge in [0.2, 0.25) is 15.9 Å². The highest BCUT2D eigenvalue weighted by atomic mass is 35.5. The van der Waals surface area contributed by atoms with Crippen LogP contribution >= 0.6 is 11.6 Å². The number of hydrogen-bond acceptors (Lipinski definition) is 9. The highest BCUT2D eigenvalue weighted by Crippen LogP contribution is 2.31. The van der Waals surface area contributed by atoms with Gasteiger partial charge in [-0.05, 0) is 63.2 Å². The molecule has 2 N–H and O–H groups in total. The van der Waals surface area contributed by atoms with E-state index < -0.39 is 32.2 Å². The van der Waals surface area contributed by atoms with Crippen molar-refractivity contribution in [1.29, 1.82) is 0 Å². The minimum Gasteiger partial charge on any atom is -0.488 e. The average Bonchev–Trinajstić information content (AvgIpc) is 3.31. The second-order valence-electron chi connectivity index (χ2n) is 10.7. The predicted molar refractivity (Wildman–Crippen MR) is 160 cm³/mol. The molecule has 0 saturated heterocycles. The van der Waals surface area contributed by atoms with E-state index in [9.17, 15) is 26.7 Å². The Balaban J connectivity index is 1.69. The van der Waals surface area contributed by atoms with E-state index in [1.165, 1.54) is 55.3 Å². The van der Waals surface area contributed by atoms with Crippen LogP contribution in [0.15, 0.2) is 56.8 Å². The van der Waals surface area contributed by atoms with Gasteiger partial charge < -0.3 is 19.3 Å². The maximum Gasteiger partial charge on any atom is 0.261 e. The molecule has 0 radical (unpaired) electrons. The minimum absolute atomic E-state index is 0.00662. The number of rotatable bonds is 9. The topological polar surface area (TPSA) is 159 Å². The molecule has 1 amide bonds. The highest BCUT2D eigenvalue weighted by Gasteiger charge is 2.35. The minimum atomic E-state index is -4.00. The molecule has 0 bridgehead atoms. The number of aliphatic hydroxyl groups excluding tert-OH is 1. The van der Waals surface area contributed by atoms with Crippen LogP contribution in [0.4, 0.5) is 5.69 Å². The van der Waals surface area contributed by atoms with Crippen molar-refractivity contribution >= 4 is 43.2 Å². The Kier molecular flexibility index (Phi) is 9.76. The number of sulfonamides is 2. The number of carbonyl (C=O) groups is 1. The fourth-order valence-electron chi connectivity index (χ4n) is 4.89. The van der Waals surface area contributed by atoms with Gasteiger partial charge in [0.1, 0.15) is 22.4 Å². The number of aryl methyl sites for hydroxylation is 2. The lowest BCUT2D eigenvalue weighted by atomic mass is 10.0. The highest BCUT2D eigenvalue weighted by molar-refractivity contribution is 7.92. The summed E-state index contributed by atoms with van der Waals surface area (Å²) in [6.07, 6.45) is -0.863. The Morgan fingerprint density at radius 1 is 1.16 bits per heavy atom. The molecule has 2 aromatic carbocycles. The van der Waals surface area contributed by atoms with Gasteiger partial charge in [0.25, 0.3) is 10.0 Å². The summed E-state index contributed by atoms with van der Waals surface area (Å²) in [5, 5.41) is 14.0. The average molecular weight is 655 g/mol. The number of carbonyl (C=O) groups excluding carboxylic acids is 1. The van der Waals surface area contributed by atoms with Crippen LogP contribution in [0.25, 0.3) is 0 Å². The molecule has 3 aromatic rings. The normalized spacial score (nSPS) is 18.8. The molecule has 43 heavy (non-hydrogen) atoms. The standard InChI is InChI=1S/C28H35ClN4O8S2/c1-17-14-33(18(2)16-34)27(35)13-21-12-23(31-42(36,37)24-9-6-22(29)7-10-24)8-11-25(21)40-26(17)15-32(5)43(38,39)28-19(3)30-41-20(28)4/h6-12,17-18,26,31,34H,13-16H2,1-5H3/t17-,18-,26+/m0/s1. The number of likely N-dealkylation sites (N-methyl/N-ethyl adjacent to an activating group) is 1. The van der Waals surface area contributed by atoms with Gasteiger partial charge in [-0.15, -0.1) is 0 Å². The number of nitrogens with zero attached hydrogens (tertiary/aromatic N) is 3. The summed E-state index contributed by atoms with van der Waals surface area (Å²) in [5.41, 5.74) is 0.834. The van der Waals surface area contributed by atoms with Crippen LogP contribution in [-0.4, -0.2) is 81.1 Å². The zero-order valence-electron chi connectivity index (χ0n) is 24.4. The molecular weight excluding hydrogens is 620 g/mol. The van der Waals surface area contributed by atoms with Gasteiger partial charge in [0, 0.05) is 35.8 Å². The monoisotopic (exact) mass is 654 g/mol. The van der Waals surface area contributed by atoms with Crippen molar-refractivity contribution in [3.05, 3.63) is 64.5 Å². The Morgan fingerprint density at radius 2 is 1.84 bits per heavy atom. The number of benzene rings is 2. The van der Waals surface area contributed by atoms with Crippen molar-refractivity contribution in [3.8, 4) is 5.75 Å². The third kappa shape index (κ3) is 7.15. The van der Waals surface area contributed by atoms with Crippen molar-refractivity contribution in [2.75, 3.05) is 31.5 Å². The van der Waals surface area contributed by atoms with Crippen LogP contribution in [0, 0.1) is 19.8 Å². The van der Waals surface area contributed by atoms with Crippen molar-refractivity contribution in [1.82, 2.24) is 14.4 Å². The summed E-state index contributed by atoms with van der Waals surface area (Å²) in [6.45, 7) is 6.45. The maximum atomic E-state index is 13.5. The van der Waals surface area contributed by atoms with Crippen molar-refractivity contribution in [2.45, 2.75) is 56.1 Å². The van der Waals surface area contributed by atoms with Crippen molar-refractivity contribution in [2.24, 2.45) is 5.92 Å². The quantitative estimate of drug-likeness (QED) is 0.353. The summed E-state index contributed by atoms with van der Waals surface area (Å²) in [7, 11) is -6.53. The molecular formula is C28H35ClN4O8S2. The number of aromatic nitrogens is 1.